The number of fused-ring (bicyclic) bond motifs is 4. The van der Waals surface area contributed by atoms with Gasteiger partial charge in [0.15, 0.2) is 0 Å². The molecule has 11 rings (SSSR count). The van der Waals surface area contributed by atoms with Crippen LogP contribution in [0.4, 0.5) is 22.7 Å². The first-order valence-corrected chi connectivity index (χ1v) is 26.6. The van der Waals surface area contributed by atoms with Crippen LogP contribution in [0.2, 0.25) is 0 Å². The molecule has 0 amide bonds. The molecule has 5 nitrogen and oxygen atoms in total. The number of hydrogen-bond acceptors (Lipinski definition) is 4. The first-order chi connectivity index (χ1) is 36.0. The van der Waals surface area contributed by atoms with Gasteiger partial charge in [-0.05, 0) is 115 Å². The summed E-state index contributed by atoms with van der Waals surface area (Å²) in [6, 6.07) is 73.2. The normalized spacial score (nSPS) is 13.0. The molecule has 1 aliphatic rings. The van der Waals surface area contributed by atoms with E-state index in [1.807, 2.05) is 18.3 Å². The molecule has 0 spiro atoms. The number of rotatable bonds is 12. The zero-order valence-corrected chi connectivity index (χ0v) is 47.9. The molecular weight excluding hydrogens is 1110 g/mol. The second kappa shape index (κ2) is 20.4. The maximum Gasteiger partial charge on any atom is 0.135 e. The Balaban J connectivity index is 0.00000657. The molecule has 10 aromatic rings. The van der Waals surface area contributed by atoms with Crippen molar-refractivity contribution in [3.05, 3.63) is 246 Å². The first kappa shape index (κ1) is 52.2. The summed E-state index contributed by atoms with van der Waals surface area (Å²) < 4.78 is 9.13. The van der Waals surface area contributed by atoms with Crippen LogP contribution >= 0.6 is 0 Å². The molecule has 0 radical (unpaired) electrons. The quantitative estimate of drug-likeness (QED) is 0.114. The Morgan fingerprint density at radius 3 is 1.78 bits per heavy atom. The van der Waals surface area contributed by atoms with Crippen LogP contribution in [0.25, 0.3) is 38.8 Å². The summed E-state index contributed by atoms with van der Waals surface area (Å²) in [6.45, 7) is 27.3. The second-order valence-corrected chi connectivity index (χ2v) is 23.0. The Kier molecular flexibility index (Phi) is 14.0. The van der Waals surface area contributed by atoms with Crippen LogP contribution in [0.1, 0.15) is 127 Å². The number of pyridine rings is 1. The Morgan fingerprint density at radius 2 is 1.12 bits per heavy atom. The Bertz CT molecular complexity index is 3710. The van der Waals surface area contributed by atoms with Crippen LogP contribution in [0.3, 0.4) is 0 Å². The second-order valence-electron chi connectivity index (χ2n) is 23.0. The van der Waals surface area contributed by atoms with E-state index in [0.717, 1.165) is 50.4 Å². The Labute approximate surface area is 465 Å². The van der Waals surface area contributed by atoms with Crippen LogP contribution < -0.4 is 14.5 Å². The van der Waals surface area contributed by atoms with Crippen LogP contribution in [0.15, 0.2) is 188 Å². The van der Waals surface area contributed by atoms with Crippen molar-refractivity contribution in [2.75, 3.05) is 9.80 Å². The predicted octanol–water partition coefficient (Wildman–Crippen LogP) is 18.8. The van der Waals surface area contributed by atoms with Crippen molar-refractivity contribution in [1.29, 1.82) is 0 Å². The van der Waals surface area contributed by atoms with Gasteiger partial charge >= 0.3 is 0 Å². The average molecular weight is 1180 g/mol. The van der Waals surface area contributed by atoms with Crippen molar-refractivity contribution < 1.29 is 25.8 Å². The number of benzene rings is 8. The molecule has 1 aliphatic heterocycles. The molecule has 0 bridgehead atoms. The molecule has 386 valence electrons. The van der Waals surface area contributed by atoms with E-state index in [1.54, 1.807) is 0 Å². The molecule has 0 saturated carbocycles. The summed E-state index contributed by atoms with van der Waals surface area (Å²) in [5.74, 6) is 2.73. The van der Waals surface area contributed by atoms with Crippen molar-refractivity contribution in [1.82, 2.24) is 9.55 Å². The third-order valence-corrected chi connectivity index (χ3v) is 15.7. The number of aromatic nitrogens is 2. The summed E-state index contributed by atoms with van der Waals surface area (Å²) >= 11 is 0. The fourth-order valence-electron chi connectivity index (χ4n) is 11.1. The Hall–Kier alpha value is -7.20. The molecule has 6 heteroatoms. The van der Waals surface area contributed by atoms with E-state index in [1.165, 1.54) is 50.1 Å². The first-order valence-electron chi connectivity index (χ1n) is 26.6. The van der Waals surface area contributed by atoms with Gasteiger partial charge in [-0.2, -0.15) is 12.1 Å². The molecule has 0 fully saturated rings. The largest absolute Gasteiger partial charge is 0.509 e. The van der Waals surface area contributed by atoms with Gasteiger partial charge in [0.1, 0.15) is 5.82 Å². The summed E-state index contributed by atoms with van der Waals surface area (Å²) in [4.78, 5) is 9.65. The Morgan fingerprint density at radius 1 is 0.500 bits per heavy atom. The van der Waals surface area contributed by atoms with E-state index >= 15 is 0 Å². The van der Waals surface area contributed by atoms with Crippen LogP contribution in [-0.4, -0.2) is 9.55 Å². The number of ether oxygens (including phenoxy) is 1. The smallest absolute Gasteiger partial charge is 0.135 e. The number of hydrogen-bond donors (Lipinski definition) is 0. The number of anilines is 4. The zero-order chi connectivity index (χ0) is 52.4. The van der Waals surface area contributed by atoms with Gasteiger partial charge in [0.25, 0.3) is 0 Å². The van der Waals surface area contributed by atoms with Gasteiger partial charge in [-0.25, -0.2) is 4.98 Å². The van der Waals surface area contributed by atoms with Gasteiger partial charge in [0, 0.05) is 72.2 Å². The molecule has 2 aromatic heterocycles. The molecule has 0 unspecified atom stereocenters. The third-order valence-electron chi connectivity index (χ3n) is 15.7. The van der Waals surface area contributed by atoms with Gasteiger partial charge in [0.2, 0.25) is 0 Å². The SMILES string of the molecule is CC(C)c1cccc(C(C)C)c1-c1ccc2c(c1)N(c1[c-]c(Oc3[c-]c4c(cc3)c3cc(C(C)(C)c5ccccc5)ccc3n4-c3cc(C(C)(C)c4ccccc4)ccn3)ccc1)[CH-]N2c1cccc(C(C)(C)C)c1.[Pt]. The third kappa shape index (κ3) is 9.57. The van der Waals surface area contributed by atoms with Gasteiger partial charge in [0.05, 0.1) is 0 Å². The van der Waals surface area contributed by atoms with E-state index in [9.17, 15) is 0 Å². The predicted molar refractivity (Wildman–Crippen MR) is 314 cm³/mol. The van der Waals surface area contributed by atoms with Crippen molar-refractivity contribution in [3.63, 3.8) is 0 Å². The molecule has 0 N–H and O–H groups in total. The van der Waals surface area contributed by atoms with Gasteiger partial charge in [-0.15, -0.1) is 48.1 Å². The summed E-state index contributed by atoms with van der Waals surface area (Å²) in [5, 5.41) is 2.21. The molecule has 0 atom stereocenters. The molecular formula is C70H67N4OPt-3. The minimum Gasteiger partial charge on any atom is -0.509 e. The fraction of sp³-hybridized carbons (Fsp3) is 0.229. The van der Waals surface area contributed by atoms with E-state index in [2.05, 4.69) is 279 Å². The molecule has 76 heavy (non-hydrogen) atoms. The summed E-state index contributed by atoms with van der Waals surface area (Å²) in [7, 11) is 0. The van der Waals surface area contributed by atoms with Crippen molar-refractivity contribution >= 4 is 44.6 Å². The molecule has 8 aromatic carbocycles. The average Bonchev–Trinajstić information content (AvgIpc) is 4.00. The molecule has 0 saturated heterocycles. The molecule has 0 aliphatic carbocycles. The van der Waals surface area contributed by atoms with Gasteiger partial charge < -0.3 is 19.1 Å². The number of nitrogens with zero attached hydrogens (tertiary/aromatic N) is 4. The monoisotopic (exact) mass is 1170 g/mol. The van der Waals surface area contributed by atoms with E-state index in [-0.39, 0.29) is 37.3 Å². The minimum atomic E-state index is -0.263. The van der Waals surface area contributed by atoms with Gasteiger partial charge in [-0.3, -0.25) is 0 Å². The van der Waals surface area contributed by atoms with E-state index in [4.69, 9.17) is 9.72 Å². The van der Waals surface area contributed by atoms with Crippen LogP contribution in [0.5, 0.6) is 11.5 Å². The topological polar surface area (TPSA) is 33.5 Å². The fourth-order valence-corrected chi connectivity index (χ4v) is 11.1. The zero-order valence-electron chi connectivity index (χ0n) is 45.6. The van der Waals surface area contributed by atoms with Crippen molar-refractivity contribution in [3.8, 4) is 28.4 Å². The van der Waals surface area contributed by atoms with Gasteiger partial charge in [-0.1, -0.05) is 191 Å². The standard InChI is InChI=1S/C70H67N4O.Pt/c1-46(2)58-29-20-30-59(47(3)4)67(58)48-31-35-63-65(39-48)73(45-72(63)54-26-18-25-51(40-54)68(5,6)7)55-27-19-28-56(43-55)75-57-33-34-60-61-41-52(69(8,9)49-21-14-12-15-22-49)32-36-62(61)74(64(60)44-57)66-42-53(37-38-71-66)70(10,11)50-23-16-13-17-24-50;/h12-42,45-47H,1-11H3;/q-3;. The van der Waals surface area contributed by atoms with E-state index < -0.39 is 0 Å². The van der Waals surface area contributed by atoms with E-state index in [0.29, 0.717) is 23.3 Å². The minimum absolute atomic E-state index is 0. The molecule has 3 heterocycles. The summed E-state index contributed by atoms with van der Waals surface area (Å²) in [6.07, 6.45) is 1.94. The maximum atomic E-state index is 6.88. The van der Waals surface area contributed by atoms with Crippen LogP contribution in [0, 0.1) is 18.8 Å². The van der Waals surface area contributed by atoms with Crippen LogP contribution in [-0.2, 0) is 37.3 Å². The maximum absolute atomic E-state index is 6.88. The van der Waals surface area contributed by atoms with Crippen molar-refractivity contribution in [2.24, 2.45) is 0 Å². The summed E-state index contributed by atoms with van der Waals surface area (Å²) in [5.41, 5.74) is 17.0. The van der Waals surface area contributed by atoms with Crippen molar-refractivity contribution in [2.45, 2.75) is 104 Å².